The lowest BCUT2D eigenvalue weighted by Crippen LogP contribution is -2.49. The molecule has 1 aliphatic rings. The van der Waals surface area contributed by atoms with Crippen molar-refractivity contribution in [2.24, 2.45) is 0 Å². The highest BCUT2D eigenvalue weighted by atomic mass is 35.5. The summed E-state index contributed by atoms with van der Waals surface area (Å²) in [4.78, 5) is 2.03. The molecule has 1 saturated heterocycles. The molecule has 1 aromatic rings. The second kappa shape index (κ2) is 7.33. The summed E-state index contributed by atoms with van der Waals surface area (Å²) in [5.74, 6) is 0.0620. The van der Waals surface area contributed by atoms with Crippen molar-refractivity contribution in [2.75, 3.05) is 46.4 Å². The topological polar surface area (TPSA) is 70.1 Å². The third kappa shape index (κ3) is 3.50. The molecule has 0 atom stereocenters. The number of ether oxygens (including phenoxy) is 1. The van der Waals surface area contributed by atoms with E-state index in [0.717, 1.165) is 0 Å². The number of sulfonamides is 1. The number of methoxy groups -OCH3 is 1. The van der Waals surface area contributed by atoms with Crippen LogP contribution in [0.3, 0.4) is 0 Å². The predicted octanol–water partition coefficient (Wildman–Crippen LogP) is 1.30. The Morgan fingerprint density at radius 1 is 1.23 bits per heavy atom. The molecule has 1 fully saturated rings. The van der Waals surface area contributed by atoms with E-state index >= 15 is 0 Å². The molecular formula is C13H18Cl2N2O4S. The van der Waals surface area contributed by atoms with Gasteiger partial charge in [-0.1, -0.05) is 23.2 Å². The van der Waals surface area contributed by atoms with Crippen molar-refractivity contribution in [1.82, 2.24) is 9.21 Å². The third-order valence-corrected chi connectivity index (χ3v) is 6.29. The molecule has 0 amide bonds. The van der Waals surface area contributed by atoms with Gasteiger partial charge in [0.15, 0.2) is 5.75 Å². The van der Waals surface area contributed by atoms with Crippen LogP contribution in [-0.2, 0) is 10.0 Å². The molecule has 6 nitrogen and oxygen atoms in total. The van der Waals surface area contributed by atoms with Crippen LogP contribution in [0, 0.1) is 0 Å². The van der Waals surface area contributed by atoms with Crippen molar-refractivity contribution in [1.29, 1.82) is 0 Å². The maximum atomic E-state index is 12.8. The number of aliphatic hydroxyl groups excluding tert-OH is 1. The first-order valence-corrected chi connectivity index (χ1v) is 8.96. The van der Waals surface area contributed by atoms with E-state index in [2.05, 4.69) is 0 Å². The Hall–Kier alpha value is -0.570. The number of nitrogens with zero attached hydrogens (tertiary/aromatic N) is 2. The highest BCUT2D eigenvalue weighted by Crippen LogP contribution is 2.38. The Bertz CT molecular complexity index is 631. The number of aliphatic hydroxyl groups is 1. The largest absolute Gasteiger partial charge is 0.494 e. The van der Waals surface area contributed by atoms with Gasteiger partial charge in [-0.15, -0.1) is 0 Å². The summed E-state index contributed by atoms with van der Waals surface area (Å²) in [6, 6.07) is 2.85. The van der Waals surface area contributed by atoms with Gasteiger partial charge in [-0.3, -0.25) is 4.90 Å². The lowest BCUT2D eigenvalue weighted by atomic mass is 10.3. The Morgan fingerprint density at radius 3 is 2.41 bits per heavy atom. The van der Waals surface area contributed by atoms with Crippen LogP contribution in [0.4, 0.5) is 0 Å². The molecule has 1 aromatic carbocycles. The van der Waals surface area contributed by atoms with Crippen molar-refractivity contribution in [3.05, 3.63) is 22.2 Å². The van der Waals surface area contributed by atoms with Gasteiger partial charge in [-0.25, -0.2) is 8.42 Å². The summed E-state index contributed by atoms with van der Waals surface area (Å²) in [5.41, 5.74) is 0. The number of halogens is 2. The Balaban J connectivity index is 2.27. The summed E-state index contributed by atoms with van der Waals surface area (Å²) in [6.07, 6.45) is 0. The molecule has 0 unspecified atom stereocenters. The zero-order valence-electron chi connectivity index (χ0n) is 12.1. The molecule has 0 aromatic heterocycles. The summed E-state index contributed by atoms with van der Waals surface area (Å²) in [6.45, 7) is 2.46. The number of hydrogen-bond donors (Lipinski definition) is 1. The SMILES string of the molecule is COc1c(S(=O)(=O)N2CCN(CCO)CC2)ccc(Cl)c1Cl. The smallest absolute Gasteiger partial charge is 0.246 e. The quantitative estimate of drug-likeness (QED) is 0.847. The van der Waals surface area contributed by atoms with Crippen molar-refractivity contribution in [3.63, 3.8) is 0 Å². The second-order valence-electron chi connectivity index (χ2n) is 4.86. The number of rotatable bonds is 5. The van der Waals surface area contributed by atoms with E-state index in [0.29, 0.717) is 32.7 Å². The minimum atomic E-state index is -3.71. The number of benzene rings is 1. The fourth-order valence-corrected chi connectivity index (χ4v) is 4.41. The minimum Gasteiger partial charge on any atom is -0.494 e. The van der Waals surface area contributed by atoms with Crippen LogP contribution >= 0.6 is 23.2 Å². The zero-order valence-corrected chi connectivity index (χ0v) is 14.5. The Morgan fingerprint density at radius 2 is 1.86 bits per heavy atom. The van der Waals surface area contributed by atoms with Crippen LogP contribution in [0.25, 0.3) is 0 Å². The van der Waals surface area contributed by atoms with Gasteiger partial charge in [0.1, 0.15) is 9.92 Å². The molecule has 0 radical (unpaired) electrons. The molecule has 1 heterocycles. The molecular weight excluding hydrogens is 351 g/mol. The maximum absolute atomic E-state index is 12.8. The van der Waals surface area contributed by atoms with E-state index in [1.54, 1.807) is 0 Å². The molecule has 1 N–H and O–H groups in total. The van der Waals surface area contributed by atoms with E-state index in [4.69, 9.17) is 33.0 Å². The number of hydrogen-bond acceptors (Lipinski definition) is 5. The van der Waals surface area contributed by atoms with Gasteiger partial charge in [0.2, 0.25) is 10.0 Å². The van der Waals surface area contributed by atoms with Crippen LogP contribution in [0.2, 0.25) is 10.0 Å². The molecule has 0 spiro atoms. The van der Waals surface area contributed by atoms with Crippen LogP contribution in [0.15, 0.2) is 17.0 Å². The molecule has 1 aliphatic heterocycles. The molecule has 124 valence electrons. The molecule has 0 aliphatic carbocycles. The van der Waals surface area contributed by atoms with E-state index in [1.165, 1.54) is 23.5 Å². The van der Waals surface area contributed by atoms with Crippen LogP contribution < -0.4 is 4.74 Å². The van der Waals surface area contributed by atoms with E-state index < -0.39 is 10.0 Å². The molecule has 9 heteroatoms. The minimum absolute atomic E-state index is 0.0139. The Kier molecular flexibility index (Phi) is 5.93. The highest BCUT2D eigenvalue weighted by Gasteiger charge is 2.31. The van der Waals surface area contributed by atoms with E-state index in [-0.39, 0.29) is 27.3 Å². The first kappa shape index (κ1) is 17.8. The average Bonchev–Trinajstić information content (AvgIpc) is 2.50. The van der Waals surface area contributed by atoms with Crippen LogP contribution in [0.5, 0.6) is 5.75 Å². The molecule has 22 heavy (non-hydrogen) atoms. The summed E-state index contributed by atoms with van der Waals surface area (Å²) in [5, 5.41) is 9.26. The fraction of sp³-hybridized carbons (Fsp3) is 0.538. The predicted molar refractivity (Wildman–Crippen MR) is 85.3 cm³/mol. The lowest BCUT2D eigenvalue weighted by molar-refractivity contribution is 0.151. The van der Waals surface area contributed by atoms with Crippen molar-refractivity contribution < 1.29 is 18.3 Å². The normalized spacial score (nSPS) is 17.6. The van der Waals surface area contributed by atoms with Gasteiger partial charge in [-0.2, -0.15) is 4.31 Å². The van der Waals surface area contributed by atoms with Gasteiger partial charge < -0.3 is 9.84 Å². The van der Waals surface area contributed by atoms with Gasteiger partial charge in [0.05, 0.1) is 18.7 Å². The molecule has 0 bridgehead atoms. The monoisotopic (exact) mass is 368 g/mol. The summed E-state index contributed by atoms with van der Waals surface area (Å²) < 4.78 is 32.1. The Labute approximate surface area is 140 Å². The number of β-amino-alcohol motifs (C(OH)–C–C–N with tert-alkyl or cyclic N) is 1. The van der Waals surface area contributed by atoms with Crippen molar-refractivity contribution in [3.8, 4) is 5.75 Å². The lowest BCUT2D eigenvalue weighted by Gasteiger charge is -2.33. The molecule has 0 saturated carbocycles. The van der Waals surface area contributed by atoms with Crippen molar-refractivity contribution in [2.45, 2.75) is 4.90 Å². The van der Waals surface area contributed by atoms with Crippen molar-refractivity contribution >= 4 is 33.2 Å². The van der Waals surface area contributed by atoms with Gasteiger partial charge in [0, 0.05) is 32.7 Å². The zero-order chi connectivity index (χ0) is 16.3. The van der Waals surface area contributed by atoms with Crippen LogP contribution in [-0.4, -0.2) is 69.2 Å². The molecule has 2 rings (SSSR count). The number of piperazine rings is 1. The third-order valence-electron chi connectivity index (χ3n) is 3.58. The average molecular weight is 369 g/mol. The summed E-state index contributed by atoms with van der Waals surface area (Å²) in [7, 11) is -2.35. The van der Waals surface area contributed by atoms with Gasteiger partial charge >= 0.3 is 0 Å². The van der Waals surface area contributed by atoms with E-state index in [9.17, 15) is 8.42 Å². The fourth-order valence-electron chi connectivity index (χ4n) is 2.38. The summed E-state index contributed by atoms with van der Waals surface area (Å²) >= 11 is 11.9. The van der Waals surface area contributed by atoms with Gasteiger partial charge in [-0.05, 0) is 12.1 Å². The maximum Gasteiger partial charge on any atom is 0.246 e. The van der Waals surface area contributed by atoms with Gasteiger partial charge in [0.25, 0.3) is 0 Å². The standard InChI is InChI=1S/C13H18Cl2N2O4S/c1-21-13-11(3-2-10(14)12(13)15)22(19,20)17-6-4-16(5-7-17)8-9-18/h2-3,18H,4-9H2,1H3. The van der Waals surface area contributed by atoms with Crippen LogP contribution in [0.1, 0.15) is 0 Å². The highest BCUT2D eigenvalue weighted by molar-refractivity contribution is 7.89. The van der Waals surface area contributed by atoms with E-state index in [1.807, 2.05) is 4.90 Å². The first-order valence-electron chi connectivity index (χ1n) is 6.77. The first-order chi connectivity index (χ1) is 10.4. The second-order valence-corrected chi connectivity index (χ2v) is 7.55.